The van der Waals surface area contributed by atoms with Crippen molar-refractivity contribution in [3.8, 4) is 0 Å². The summed E-state index contributed by atoms with van der Waals surface area (Å²) in [6.45, 7) is 2.94. The Morgan fingerprint density at radius 2 is 2.21 bits per heavy atom. The van der Waals surface area contributed by atoms with Gasteiger partial charge in [-0.3, -0.25) is 0 Å². The number of halogens is 1. The molecule has 0 aromatic carbocycles. The molecule has 1 atom stereocenters. The van der Waals surface area contributed by atoms with Crippen LogP contribution in [0.25, 0.3) is 0 Å². The Bertz CT molecular complexity index is 296. The Morgan fingerprint density at radius 3 is 2.79 bits per heavy atom. The van der Waals surface area contributed by atoms with Crippen LogP contribution in [0.5, 0.6) is 0 Å². The topological polar surface area (TPSA) is 23.5 Å². The molecule has 2 rings (SSSR count). The van der Waals surface area contributed by atoms with Crippen LogP contribution in [0.2, 0.25) is 4.34 Å². The smallest absolute Gasteiger partial charge is 0.0986 e. The first-order chi connectivity index (χ1) is 6.77. The number of nitrogens with zero attached hydrogens (tertiary/aromatic N) is 1. The third kappa shape index (κ3) is 2.28. The van der Waals surface area contributed by atoms with E-state index in [0.717, 1.165) is 29.5 Å². The molecule has 0 aliphatic carbocycles. The summed E-state index contributed by atoms with van der Waals surface area (Å²) >= 11 is 7.44. The number of likely N-dealkylation sites (tertiary alicyclic amines) is 1. The van der Waals surface area contributed by atoms with Crippen molar-refractivity contribution < 1.29 is 5.11 Å². The minimum Gasteiger partial charge on any atom is -0.387 e. The zero-order chi connectivity index (χ0) is 9.97. The molecule has 2 heterocycles. The molecule has 1 fully saturated rings. The van der Waals surface area contributed by atoms with E-state index < -0.39 is 6.10 Å². The van der Waals surface area contributed by atoms with Crippen molar-refractivity contribution in [2.45, 2.75) is 18.9 Å². The molecule has 1 unspecified atom stereocenters. The van der Waals surface area contributed by atoms with Crippen molar-refractivity contribution in [1.29, 1.82) is 0 Å². The molecule has 0 bridgehead atoms. The summed E-state index contributed by atoms with van der Waals surface area (Å²) in [6, 6.07) is 1.91. The highest BCUT2D eigenvalue weighted by atomic mass is 35.5. The lowest BCUT2D eigenvalue weighted by atomic mass is 10.2. The van der Waals surface area contributed by atoms with Crippen LogP contribution in [0.4, 0.5) is 0 Å². The van der Waals surface area contributed by atoms with Gasteiger partial charge in [0.05, 0.1) is 10.4 Å². The third-order valence-corrected chi connectivity index (χ3v) is 3.84. The van der Waals surface area contributed by atoms with E-state index in [1.54, 1.807) is 0 Å². The minimum atomic E-state index is -0.424. The first-order valence-electron chi connectivity index (χ1n) is 4.90. The van der Waals surface area contributed by atoms with Gasteiger partial charge in [-0.15, -0.1) is 11.3 Å². The number of aliphatic hydroxyl groups is 1. The zero-order valence-corrected chi connectivity index (χ0v) is 9.52. The van der Waals surface area contributed by atoms with Crippen LogP contribution < -0.4 is 0 Å². The van der Waals surface area contributed by atoms with E-state index in [9.17, 15) is 5.11 Å². The monoisotopic (exact) mass is 231 g/mol. The maximum atomic E-state index is 9.93. The largest absolute Gasteiger partial charge is 0.387 e. The fourth-order valence-electron chi connectivity index (χ4n) is 1.85. The highest BCUT2D eigenvalue weighted by Gasteiger charge is 2.18. The summed E-state index contributed by atoms with van der Waals surface area (Å²) in [4.78, 5) is 2.29. The number of β-amino-alcohol motifs (C(OH)–C–C–N with tert-alkyl or cyclic N) is 1. The Labute approximate surface area is 93.1 Å². The van der Waals surface area contributed by atoms with Gasteiger partial charge in [-0.25, -0.2) is 0 Å². The van der Waals surface area contributed by atoms with Crippen molar-refractivity contribution in [2.75, 3.05) is 19.6 Å². The molecule has 1 N–H and O–H groups in total. The number of rotatable bonds is 3. The summed E-state index contributed by atoms with van der Waals surface area (Å²) in [5, 5.41) is 11.9. The first kappa shape index (κ1) is 10.4. The van der Waals surface area contributed by atoms with Gasteiger partial charge in [0.15, 0.2) is 0 Å². The van der Waals surface area contributed by atoms with Gasteiger partial charge in [-0.1, -0.05) is 11.6 Å². The van der Waals surface area contributed by atoms with Crippen molar-refractivity contribution in [1.82, 2.24) is 4.90 Å². The van der Waals surface area contributed by atoms with Crippen LogP contribution in [0.1, 0.15) is 24.5 Å². The SMILES string of the molecule is OC(CN1CCCC1)c1ccsc1Cl. The number of thiophene rings is 1. The highest BCUT2D eigenvalue weighted by Crippen LogP contribution is 2.29. The zero-order valence-electron chi connectivity index (χ0n) is 7.95. The van der Waals surface area contributed by atoms with E-state index in [4.69, 9.17) is 11.6 Å². The molecular formula is C10H14ClNOS. The Balaban J connectivity index is 1.95. The van der Waals surface area contributed by atoms with E-state index in [1.165, 1.54) is 24.2 Å². The molecule has 1 saturated heterocycles. The van der Waals surface area contributed by atoms with E-state index in [2.05, 4.69) is 4.90 Å². The van der Waals surface area contributed by atoms with Crippen molar-refractivity contribution >= 4 is 22.9 Å². The maximum absolute atomic E-state index is 9.93. The molecule has 1 aliphatic rings. The second kappa shape index (κ2) is 4.62. The van der Waals surface area contributed by atoms with Gasteiger partial charge in [0, 0.05) is 12.1 Å². The highest BCUT2D eigenvalue weighted by molar-refractivity contribution is 7.14. The average molecular weight is 232 g/mol. The predicted octanol–water partition coefficient (Wildman–Crippen LogP) is 2.53. The molecule has 1 aromatic heterocycles. The van der Waals surface area contributed by atoms with Gasteiger partial charge in [-0.2, -0.15) is 0 Å². The van der Waals surface area contributed by atoms with Gasteiger partial charge in [0.2, 0.25) is 0 Å². The summed E-state index contributed by atoms with van der Waals surface area (Å²) in [7, 11) is 0. The molecule has 4 heteroatoms. The average Bonchev–Trinajstić information content (AvgIpc) is 2.75. The molecule has 14 heavy (non-hydrogen) atoms. The lowest BCUT2D eigenvalue weighted by Crippen LogP contribution is -2.25. The fourth-order valence-corrected chi connectivity index (χ4v) is 2.87. The number of aliphatic hydroxyl groups excluding tert-OH is 1. The van der Waals surface area contributed by atoms with Gasteiger partial charge in [-0.05, 0) is 37.4 Å². The van der Waals surface area contributed by atoms with Crippen molar-refractivity contribution in [2.24, 2.45) is 0 Å². The second-order valence-electron chi connectivity index (χ2n) is 3.67. The van der Waals surface area contributed by atoms with E-state index >= 15 is 0 Å². The summed E-state index contributed by atoms with van der Waals surface area (Å²) < 4.78 is 0.719. The maximum Gasteiger partial charge on any atom is 0.0986 e. The molecule has 0 spiro atoms. The van der Waals surface area contributed by atoms with E-state index in [1.807, 2.05) is 11.4 Å². The third-order valence-electron chi connectivity index (χ3n) is 2.63. The molecule has 0 saturated carbocycles. The molecule has 0 radical (unpaired) electrons. The second-order valence-corrected chi connectivity index (χ2v) is 5.19. The molecule has 1 aliphatic heterocycles. The van der Waals surface area contributed by atoms with Crippen LogP contribution >= 0.6 is 22.9 Å². The van der Waals surface area contributed by atoms with Gasteiger partial charge >= 0.3 is 0 Å². The Kier molecular flexibility index (Phi) is 3.44. The molecule has 2 nitrogen and oxygen atoms in total. The van der Waals surface area contributed by atoms with Crippen LogP contribution in [-0.2, 0) is 0 Å². The number of hydrogen-bond donors (Lipinski definition) is 1. The summed E-state index contributed by atoms with van der Waals surface area (Å²) in [5.41, 5.74) is 0.878. The van der Waals surface area contributed by atoms with Gasteiger partial charge in [0.25, 0.3) is 0 Å². The standard InChI is InChI=1S/C10H14ClNOS/c11-10-8(3-6-14-10)9(13)7-12-4-1-2-5-12/h3,6,9,13H,1-2,4-5,7H2. The van der Waals surface area contributed by atoms with Gasteiger partial charge < -0.3 is 10.0 Å². The van der Waals surface area contributed by atoms with Gasteiger partial charge in [0.1, 0.15) is 0 Å². The quantitative estimate of drug-likeness (QED) is 0.864. The van der Waals surface area contributed by atoms with E-state index in [-0.39, 0.29) is 0 Å². The van der Waals surface area contributed by atoms with Crippen LogP contribution in [0, 0.1) is 0 Å². The molecule has 0 amide bonds. The first-order valence-corrected chi connectivity index (χ1v) is 6.16. The van der Waals surface area contributed by atoms with Crippen molar-refractivity contribution in [3.05, 3.63) is 21.3 Å². The predicted molar refractivity (Wildman–Crippen MR) is 60.0 cm³/mol. The van der Waals surface area contributed by atoms with E-state index in [0.29, 0.717) is 0 Å². The van der Waals surface area contributed by atoms with Crippen LogP contribution in [0.3, 0.4) is 0 Å². The molecular weight excluding hydrogens is 218 g/mol. The lowest BCUT2D eigenvalue weighted by Gasteiger charge is -2.18. The Hall–Kier alpha value is -0.0900. The molecule has 1 aromatic rings. The summed E-state index contributed by atoms with van der Waals surface area (Å²) in [5.74, 6) is 0. The normalized spacial score (nSPS) is 20.1. The summed E-state index contributed by atoms with van der Waals surface area (Å²) in [6.07, 6.45) is 2.08. The fraction of sp³-hybridized carbons (Fsp3) is 0.600. The van der Waals surface area contributed by atoms with Crippen LogP contribution in [0.15, 0.2) is 11.4 Å². The Morgan fingerprint density at radius 1 is 1.50 bits per heavy atom. The lowest BCUT2D eigenvalue weighted by molar-refractivity contribution is 0.126. The van der Waals surface area contributed by atoms with Crippen molar-refractivity contribution in [3.63, 3.8) is 0 Å². The van der Waals surface area contributed by atoms with Crippen LogP contribution in [-0.4, -0.2) is 29.6 Å². The molecule has 78 valence electrons. The number of hydrogen-bond acceptors (Lipinski definition) is 3. The minimum absolute atomic E-state index is 0.424.